The molecule has 3 rings (SSSR count). The molecule has 0 radical (unpaired) electrons. The van der Waals surface area contributed by atoms with Crippen molar-refractivity contribution < 1.29 is 8.42 Å². The predicted octanol–water partition coefficient (Wildman–Crippen LogP) is 1.31. The average molecular weight is 329 g/mol. The number of likely N-dealkylation sites (tertiary alicyclic amines) is 1. The number of nitrogens with two attached hydrogens (primary N) is 1. The lowest BCUT2D eigenvalue weighted by Gasteiger charge is -2.45. The molecule has 2 aliphatic heterocycles. The lowest BCUT2D eigenvalue weighted by molar-refractivity contribution is 0.0671. The van der Waals surface area contributed by atoms with Crippen molar-refractivity contribution in [2.75, 3.05) is 26.7 Å². The first-order valence-corrected chi connectivity index (χ1v) is 9.82. The van der Waals surface area contributed by atoms with Crippen LogP contribution in [0.3, 0.4) is 0 Å². The summed E-state index contributed by atoms with van der Waals surface area (Å²) < 4.78 is 27.2. The summed E-state index contributed by atoms with van der Waals surface area (Å²) in [6, 6.07) is 2.27. The molecule has 21 heavy (non-hydrogen) atoms. The number of piperidine rings is 2. The van der Waals surface area contributed by atoms with Crippen LogP contribution in [-0.2, 0) is 16.6 Å². The van der Waals surface area contributed by atoms with Gasteiger partial charge in [0.05, 0.1) is 4.90 Å². The fourth-order valence-electron chi connectivity index (χ4n) is 3.59. The third-order valence-corrected chi connectivity index (χ3v) is 7.73. The van der Waals surface area contributed by atoms with Crippen molar-refractivity contribution in [3.63, 3.8) is 0 Å². The van der Waals surface area contributed by atoms with Crippen molar-refractivity contribution in [3.05, 3.63) is 16.3 Å². The Bertz CT molecular complexity index is 599. The first-order valence-electron chi connectivity index (χ1n) is 7.50. The van der Waals surface area contributed by atoms with Gasteiger partial charge in [0.2, 0.25) is 10.0 Å². The molecular formula is C14H23N3O2S2. The minimum absolute atomic E-state index is 0.398. The lowest BCUT2D eigenvalue weighted by atomic mass is 9.85. The van der Waals surface area contributed by atoms with Crippen LogP contribution in [0, 0.1) is 5.92 Å². The van der Waals surface area contributed by atoms with E-state index in [9.17, 15) is 8.42 Å². The van der Waals surface area contributed by atoms with E-state index >= 15 is 0 Å². The molecule has 2 saturated heterocycles. The quantitative estimate of drug-likeness (QED) is 0.908. The molecule has 2 atom stereocenters. The maximum absolute atomic E-state index is 12.8. The maximum atomic E-state index is 12.8. The van der Waals surface area contributed by atoms with Crippen LogP contribution >= 0.6 is 11.3 Å². The molecule has 2 N–H and O–H groups in total. The van der Waals surface area contributed by atoms with Gasteiger partial charge in [0.1, 0.15) is 0 Å². The van der Waals surface area contributed by atoms with Crippen molar-refractivity contribution in [2.24, 2.45) is 11.7 Å². The third kappa shape index (κ3) is 2.90. The van der Waals surface area contributed by atoms with Gasteiger partial charge in [0, 0.05) is 35.9 Å². The Hall–Kier alpha value is -0.470. The molecule has 0 spiro atoms. The Morgan fingerprint density at radius 2 is 2.19 bits per heavy atom. The van der Waals surface area contributed by atoms with E-state index in [0.29, 0.717) is 36.5 Å². The normalized spacial score (nSPS) is 28.5. The van der Waals surface area contributed by atoms with Crippen molar-refractivity contribution in [3.8, 4) is 0 Å². The van der Waals surface area contributed by atoms with Crippen LogP contribution in [-0.4, -0.2) is 50.3 Å². The molecule has 1 aromatic heterocycles. The molecule has 5 nitrogen and oxygen atoms in total. The Morgan fingerprint density at radius 3 is 2.90 bits per heavy atom. The zero-order valence-electron chi connectivity index (χ0n) is 12.4. The highest BCUT2D eigenvalue weighted by molar-refractivity contribution is 7.89. The number of nitrogens with zero attached hydrogens (tertiary/aromatic N) is 2. The summed E-state index contributed by atoms with van der Waals surface area (Å²) in [7, 11) is -1.19. The number of sulfonamides is 1. The largest absolute Gasteiger partial charge is 0.326 e. The van der Waals surface area contributed by atoms with Crippen LogP contribution in [0.4, 0.5) is 0 Å². The van der Waals surface area contributed by atoms with Gasteiger partial charge >= 0.3 is 0 Å². The van der Waals surface area contributed by atoms with Crippen molar-refractivity contribution in [2.45, 2.75) is 36.7 Å². The van der Waals surface area contributed by atoms with E-state index in [0.717, 1.165) is 24.3 Å². The summed E-state index contributed by atoms with van der Waals surface area (Å²) in [5.74, 6) is 0.472. The molecule has 1 aromatic rings. The average Bonchev–Trinajstić information content (AvgIpc) is 2.97. The zero-order valence-corrected chi connectivity index (χ0v) is 14.0. The van der Waals surface area contributed by atoms with Gasteiger partial charge in [0.15, 0.2) is 0 Å². The molecule has 0 saturated carbocycles. The van der Waals surface area contributed by atoms with E-state index in [1.807, 2.05) is 0 Å². The second-order valence-corrected chi connectivity index (χ2v) is 8.99. The summed E-state index contributed by atoms with van der Waals surface area (Å²) in [5, 5.41) is 1.72. The molecule has 118 valence electrons. The first-order chi connectivity index (χ1) is 10.0. The van der Waals surface area contributed by atoms with E-state index in [-0.39, 0.29) is 0 Å². The zero-order chi connectivity index (χ0) is 15.0. The Morgan fingerprint density at radius 1 is 1.38 bits per heavy atom. The Balaban J connectivity index is 1.78. The van der Waals surface area contributed by atoms with Gasteiger partial charge in [-0.25, -0.2) is 8.42 Å². The van der Waals surface area contributed by atoms with E-state index < -0.39 is 10.0 Å². The van der Waals surface area contributed by atoms with Crippen LogP contribution in [0.1, 0.15) is 24.1 Å². The summed E-state index contributed by atoms with van der Waals surface area (Å²) in [4.78, 5) is 3.73. The summed E-state index contributed by atoms with van der Waals surface area (Å²) >= 11 is 1.42. The minimum Gasteiger partial charge on any atom is -0.326 e. The first kappa shape index (κ1) is 15.4. The number of hydrogen-bond acceptors (Lipinski definition) is 5. The van der Waals surface area contributed by atoms with Gasteiger partial charge in [-0.15, -0.1) is 11.3 Å². The monoisotopic (exact) mass is 329 g/mol. The van der Waals surface area contributed by atoms with Crippen molar-refractivity contribution in [1.29, 1.82) is 0 Å². The molecule has 0 aromatic carbocycles. The second-order valence-electron chi connectivity index (χ2n) is 6.05. The van der Waals surface area contributed by atoms with E-state index in [2.05, 4.69) is 11.9 Å². The highest BCUT2D eigenvalue weighted by Crippen LogP contribution is 2.33. The summed E-state index contributed by atoms with van der Waals surface area (Å²) in [5.41, 5.74) is 5.58. The van der Waals surface area contributed by atoms with E-state index in [1.54, 1.807) is 15.8 Å². The van der Waals surface area contributed by atoms with E-state index in [4.69, 9.17) is 5.73 Å². The standard InChI is InChI=1S/C14H23N3O2S2/c1-16-5-2-3-11-9-17(6-4-14(11)16)21(18,19)13-7-12(8-15)20-10-13/h7,10-11,14H,2-6,8-9,15H2,1H3. The highest BCUT2D eigenvalue weighted by atomic mass is 32.2. The predicted molar refractivity (Wildman–Crippen MR) is 84.7 cm³/mol. The smallest absolute Gasteiger partial charge is 0.243 e. The van der Waals surface area contributed by atoms with Crippen LogP contribution in [0.2, 0.25) is 0 Å². The maximum Gasteiger partial charge on any atom is 0.243 e. The summed E-state index contributed by atoms with van der Waals surface area (Å²) in [6.07, 6.45) is 3.24. The molecule has 2 fully saturated rings. The Kier molecular flexibility index (Phi) is 4.38. The second kappa shape index (κ2) is 5.96. The number of rotatable bonds is 3. The van der Waals surface area contributed by atoms with Gasteiger partial charge in [0.25, 0.3) is 0 Å². The lowest BCUT2D eigenvalue weighted by Crippen LogP contribution is -2.53. The minimum atomic E-state index is -3.35. The van der Waals surface area contributed by atoms with Crippen molar-refractivity contribution >= 4 is 21.4 Å². The van der Waals surface area contributed by atoms with Gasteiger partial charge in [-0.3, -0.25) is 0 Å². The SMILES string of the molecule is CN1CCCC2CN(S(=O)(=O)c3csc(CN)c3)CCC21. The third-order valence-electron chi connectivity index (χ3n) is 4.78. The summed E-state index contributed by atoms with van der Waals surface area (Å²) in [6.45, 7) is 2.82. The molecule has 3 heterocycles. The molecule has 0 aliphatic carbocycles. The van der Waals surface area contributed by atoms with Crippen LogP contribution in [0.25, 0.3) is 0 Å². The molecule has 2 unspecified atom stereocenters. The fraction of sp³-hybridized carbons (Fsp3) is 0.714. The van der Waals surface area contributed by atoms with Crippen LogP contribution in [0.15, 0.2) is 16.3 Å². The molecule has 7 heteroatoms. The molecule has 2 aliphatic rings. The Labute approximate surface area is 130 Å². The topological polar surface area (TPSA) is 66.6 Å². The van der Waals surface area contributed by atoms with E-state index in [1.165, 1.54) is 17.8 Å². The van der Waals surface area contributed by atoms with Gasteiger partial charge in [-0.2, -0.15) is 4.31 Å². The van der Waals surface area contributed by atoms with Crippen molar-refractivity contribution in [1.82, 2.24) is 9.21 Å². The van der Waals surface area contributed by atoms with Gasteiger partial charge in [-0.05, 0) is 44.8 Å². The fourth-order valence-corrected chi connectivity index (χ4v) is 6.24. The van der Waals surface area contributed by atoms with Gasteiger partial charge in [-0.1, -0.05) is 0 Å². The van der Waals surface area contributed by atoms with Crippen LogP contribution < -0.4 is 5.73 Å². The number of thiophene rings is 1. The molecule has 0 amide bonds. The molecular weight excluding hydrogens is 306 g/mol. The van der Waals surface area contributed by atoms with Gasteiger partial charge < -0.3 is 10.6 Å². The molecule has 0 bridgehead atoms. The number of hydrogen-bond donors (Lipinski definition) is 1. The number of fused-ring (bicyclic) bond motifs is 1. The van der Waals surface area contributed by atoms with Crippen LogP contribution in [0.5, 0.6) is 0 Å². The highest BCUT2D eigenvalue weighted by Gasteiger charge is 2.38.